The van der Waals surface area contributed by atoms with Crippen LogP contribution in [0, 0.1) is 5.92 Å². The molecule has 0 aliphatic rings. The lowest BCUT2D eigenvalue weighted by Gasteiger charge is -2.02. The fourth-order valence-electron chi connectivity index (χ4n) is 1.03. The number of aromatic nitrogens is 3. The maximum Gasteiger partial charge on any atom is 0.150 e. The third kappa shape index (κ3) is 2.28. The van der Waals surface area contributed by atoms with Crippen LogP contribution in [0.1, 0.15) is 25.0 Å². The van der Waals surface area contributed by atoms with Crippen molar-refractivity contribution in [1.82, 2.24) is 15.2 Å². The summed E-state index contributed by atoms with van der Waals surface area (Å²) in [5.74, 6) is 2.66. The van der Waals surface area contributed by atoms with E-state index >= 15 is 0 Å². The van der Waals surface area contributed by atoms with Crippen molar-refractivity contribution in [3.05, 3.63) is 42.9 Å². The highest BCUT2D eigenvalue weighted by Gasteiger charge is 2.10. The van der Waals surface area contributed by atoms with E-state index in [9.17, 15) is 0 Å². The van der Waals surface area contributed by atoms with Gasteiger partial charge in [-0.05, 0) is 6.42 Å². The van der Waals surface area contributed by atoms with Crippen molar-refractivity contribution >= 4 is 0 Å². The summed E-state index contributed by atoms with van der Waals surface area (Å²) in [4.78, 5) is 4.30. The molecule has 1 heterocycles. The maximum absolute atomic E-state index is 4.30. The van der Waals surface area contributed by atoms with Crippen molar-refractivity contribution in [3.63, 3.8) is 0 Å². The summed E-state index contributed by atoms with van der Waals surface area (Å²) < 4.78 is 0. The van der Waals surface area contributed by atoms with Crippen LogP contribution in [0.25, 0.3) is 0 Å². The zero-order valence-electron chi connectivity index (χ0n) is 7.88. The zero-order chi connectivity index (χ0) is 9.68. The summed E-state index contributed by atoms with van der Waals surface area (Å²) in [5.41, 5.74) is 0. The fraction of sp³-hybridized carbons (Fsp3) is 0.300. The molecule has 3 heteroatoms. The van der Waals surface area contributed by atoms with Gasteiger partial charge in [-0.2, -0.15) is 5.10 Å². The third-order valence-electron chi connectivity index (χ3n) is 1.76. The predicted octanol–water partition coefficient (Wildman–Crippen LogP) is 2.05. The molecule has 1 aromatic heterocycles. The SMILES string of the molecule is C=CC[C](C=C)c1nc(CC)n[nH]1. The molecule has 1 radical (unpaired) electrons. The quantitative estimate of drug-likeness (QED) is 0.697. The summed E-state index contributed by atoms with van der Waals surface area (Å²) in [6, 6.07) is 0. The Morgan fingerprint density at radius 3 is 2.77 bits per heavy atom. The van der Waals surface area contributed by atoms with Crippen molar-refractivity contribution in [3.8, 4) is 0 Å². The van der Waals surface area contributed by atoms with Gasteiger partial charge in [0.05, 0.1) is 5.92 Å². The molecule has 13 heavy (non-hydrogen) atoms. The first-order valence-corrected chi connectivity index (χ1v) is 4.32. The van der Waals surface area contributed by atoms with E-state index in [-0.39, 0.29) is 0 Å². The zero-order valence-corrected chi connectivity index (χ0v) is 7.88. The number of nitrogens with one attached hydrogen (secondary N) is 1. The van der Waals surface area contributed by atoms with E-state index in [2.05, 4.69) is 28.3 Å². The van der Waals surface area contributed by atoms with Gasteiger partial charge in [0.25, 0.3) is 0 Å². The van der Waals surface area contributed by atoms with Gasteiger partial charge in [0.1, 0.15) is 11.6 Å². The van der Waals surface area contributed by atoms with Crippen LogP contribution in [0.15, 0.2) is 25.3 Å². The van der Waals surface area contributed by atoms with Gasteiger partial charge < -0.3 is 0 Å². The van der Waals surface area contributed by atoms with Crippen molar-refractivity contribution in [2.24, 2.45) is 0 Å². The highest BCUT2D eigenvalue weighted by Crippen LogP contribution is 2.15. The van der Waals surface area contributed by atoms with Gasteiger partial charge in [-0.3, -0.25) is 5.10 Å². The third-order valence-corrected chi connectivity index (χ3v) is 1.76. The van der Waals surface area contributed by atoms with Crippen molar-refractivity contribution in [2.75, 3.05) is 0 Å². The minimum Gasteiger partial charge on any atom is -0.262 e. The van der Waals surface area contributed by atoms with E-state index in [0.29, 0.717) is 0 Å². The first-order valence-electron chi connectivity index (χ1n) is 4.32. The van der Waals surface area contributed by atoms with Gasteiger partial charge in [0.2, 0.25) is 0 Å². The second kappa shape index (κ2) is 4.60. The van der Waals surface area contributed by atoms with Crippen molar-refractivity contribution in [2.45, 2.75) is 19.8 Å². The smallest absolute Gasteiger partial charge is 0.150 e. The number of nitrogens with zero attached hydrogens (tertiary/aromatic N) is 2. The van der Waals surface area contributed by atoms with E-state index in [1.54, 1.807) is 6.08 Å². The molecule has 0 bridgehead atoms. The normalized spacial score (nSPS) is 10.3. The summed E-state index contributed by atoms with van der Waals surface area (Å²) in [6.07, 6.45) is 5.21. The van der Waals surface area contributed by atoms with Crippen LogP contribution < -0.4 is 0 Å². The number of aromatic amines is 1. The van der Waals surface area contributed by atoms with Crippen LogP contribution in [0.5, 0.6) is 0 Å². The number of H-pyrrole nitrogens is 1. The molecule has 0 unspecified atom stereocenters. The highest BCUT2D eigenvalue weighted by molar-refractivity contribution is 5.26. The van der Waals surface area contributed by atoms with Crippen LogP contribution >= 0.6 is 0 Å². The van der Waals surface area contributed by atoms with Crippen molar-refractivity contribution < 1.29 is 0 Å². The second-order valence-corrected chi connectivity index (χ2v) is 2.68. The van der Waals surface area contributed by atoms with Gasteiger partial charge in [-0.15, -0.1) is 13.2 Å². The molecular weight excluding hydrogens is 162 g/mol. The molecule has 0 atom stereocenters. The largest absolute Gasteiger partial charge is 0.262 e. The van der Waals surface area contributed by atoms with E-state index in [4.69, 9.17) is 0 Å². The molecule has 0 spiro atoms. The van der Waals surface area contributed by atoms with Gasteiger partial charge in [0.15, 0.2) is 0 Å². The summed E-state index contributed by atoms with van der Waals surface area (Å²) in [5, 5.41) is 6.92. The average molecular weight is 176 g/mol. The van der Waals surface area contributed by atoms with E-state index in [1.807, 2.05) is 13.0 Å². The second-order valence-electron chi connectivity index (χ2n) is 2.68. The summed E-state index contributed by atoms with van der Waals surface area (Å²) >= 11 is 0. The molecule has 3 nitrogen and oxygen atoms in total. The molecule has 0 amide bonds. The van der Waals surface area contributed by atoms with Crippen LogP contribution in [0.3, 0.4) is 0 Å². The van der Waals surface area contributed by atoms with Gasteiger partial charge >= 0.3 is 0 Å². The lowest BCUT2D eigenvalue weighted by Crippen LogP contribution is -1.97. The Hall–Kier alpha value is -1.38. The Balaban J connectivity index is 2.78. The van der Waals surface area contributed by atoms with Gasteiger partial charge in [-0.25, -0.2) is 4.98 Å². The minimum atomic E-state index is 0.766. The lowest BCUT2D eigenvalue weighted by atomic mass is 10.1. The standard InChI is InChI=1S/C10H14N3/c1-4-7-8(5-2)10-11-9(6-3)12-13-10/h4-5H,1-2,6-7H2,3H3,(H,11,12,13). The predicted molar refractivity (Wildman–Crippen MR) is 53.1 cm³/mol. The first-order chi connectivity index (χ1) is 6.31. The topological polar surface area (TPSA) is 41.6 Å². The highest BCUT2D eigenvalue weighted by atomic mass is 15.2. The van der Waals surface area contributed by atoms with E-state index in [1.165, 1.54) is 0 Å². The number of allylic oxidation sites excluding steroid dienone is 2. The molecule has 0 aliphatic heterocycles. The van der Waals surface area contributed by atoms with E-state index in [0.717, 1.165) is 30.4 Å². The summed E-state index contributed by atoms with van der Waals surface area (Å²) in [7, 11) is 0. The number of hydrogen-bond donors (Lipinski definition) is 1. The van der Waals surface area contributed by atoms with Crippen LogP contribution in [-0.2, 0) is 6.42 Å². The van der Waals surface area contributed by atoms with Crippen molar-refractivity contribution in [1.29, 1.82) is 0 Å². The molecule has 0 aromatic carbocycles. The molecule has 69 valence electrons. The van der Waals surface area contributed by atoms with Crippen LogP contribution in [0.4, 0.5) is 0 Å². The summed E-state index contributed by atoms with van der Waals surface area (Å²) in [6.45, 7) is 9.41. The van der Waals surface area contributed by atoms with Crippen LogP contribution in [0.2, 0.25) is 0 Å². The molecular formula is C10H14N3. The Morgan fingerprint density at radius 1 is 1.54 bits per heavy atom. The van der Waals surface area contributed by atoms with E-state index < -0.39 is 0 Å². The molecule has 1 N–H and O–H groups in total. The Labute approximate surface area is 78.6 Å². The molecule has 0 aliphatic carbocycles. The Morgan fingerprint density at radius 2 is 2.31 bits per heavy atom. The number of hydrogen-bond acceptors (Lipinski definition) is 2. The lowest BCUT2D eigenvalue weighted by molar-refractivity contribution is 0.942. The maximum atomic E-state index is 4.30. The monoisotopic (exact) mass is 176 g/mol. The fourth-order valence-corrected chi connectivity index (χ4v) is 1.03. The number of rotatable bonds is 5. The molecule has 1 aromatic rings. The van der Waals surface area contributed by atoms with Gasteiger partial charge in [0, 0.05) is 6.42 Å². The Bertz CT molecular complexity index is 288. The molecule has 0 fully saturated rings. The first kappa shape index (κ1) is 9.71. The molecule has 0 saturated carbocycles. The Kier molecular flexibility index (Phi) is 3.43. The molecule has 0 saturated heterocycles. The minimum absolute atomic E-state index is 0.766. The average Bonchev–Trinajstić information content (AvgIpc) is 2.62. The number of aryl methyl sites for hydroxylation is 1. The molecule has 1 rings (SSSR count). The van der Waals surface area contributed by atoms with Gasteiger partial charge in [-0.1, -0.05) is 19.1 Å². The van der Waals surface area contributed by atoms with Crippen LogP contribution in [-0.4, -0.2) is 15.2 Å².